The quantitative estimate of drug-likeness (QED) is 0.807. The zero-order valence-corrected chi connectivity index (χ0v) is 15.2. The van der Waals surface area contributed by atoms with Gasteiger partial charge in [0, 0.05) is 24.2 Å². The summed E-state index contributed by atoms with van der Waals surface area (Å²) >= 11 is 7.33. The molecule has 0 spiro atoms. The van der Waals surface area contributed by atoms with E-state index in [-0.39, 0.29) is 17.9 Å². The molecule has 1 aromatic heterocycles. The number of esters is 1. The van der Waals surface area contributed by atoms with Gasteiger partial charge in [-0.3, -0.25) is 19.5 Å². The van der Waals surface area contributed by atoms with E-state index in [4.69, 9.17) is 16.3 Å². The molecule has 0 saturated carbocycles. The molecule has 132 valence electrons. The Balaban J connectivity index is 1.70. The third kappa shape index (κ3) is 4.36. The lowest BCUT2D eigenvalue weighted by Gasteiger charge is -2.22. The van der Waals surface area contributed by atoms with Gasteiger partial charge in [-0.1, -0.05) is 23.7 Å². The van der Waals surface area contributed by atoms with E-state index in [2.05, 4.69) is 10.3 Å². The van der Waals surface area contributed by atoms with Crippen molar-refractivity contribution in [3.63, 3.8) is 0 Å². The summed E-state index contributed by atoms with van der Waals surface area (Å²) in [6, 6.07) is 7.01. The number of methoxy groups -OCH3 is 1. The van der Waals surface area contributed by atoms with Crippen molar-refractivity contribution in [2.24, 2.45) is 0 Å². The highest BCUT2D eigenvalue weighted by Crippen LogP contribution is 2.23. The predicted octanol–water partition coefficient (Wildman–Crippen LogP) is 2.34. The van der Waals surface area contributed by atoms with Gasteiger partial charge in [0.05, 0.1) is 18.8 Å². The molecule has 1 aliphatic rings. The highest BCUT2D eigenvalue weighted by molar-refractivity contribution is 7.11. The lowest BCUT2D eigenvalue weighted by molar-refractivity contribution is -0.146. The van der Waals surface area contributed by atoms with E-state index in [1.807, 2.05) is 29.2 Å². The molecule has 2 aromatic rings. The number of likely N-dealkylation sites (tertiary alicyclic amines) is 1. The Morgan fingerprint density at radius 3 is 3.00 bits per heavy atom. The summed E-state index contributed by atoms with van der Waals surface area (Å²) < 4.78 is 4.92. The number of thiazole rings is 1. The number of aromatic nitrogens is 1. The van der Waals surface area contributed by atoms with Crippen LogP contribution in [0.25, 0.3) is 0 Å². The van der Waals surface area contributed by atoms with Crippen LogP contribution < -0.4 is 5.32 Å². The van der Waals surface area contributed by atoms with Crippen molar-refractivity contribution in [3.05, 3.63) is 51.4 Å². The Morgan fingerprint density at radius 1 is 1.48 bits per heavy atom. The van der Waals surface area contributed by atoms with Crippen molar-refractivity contribution in [1.29, 1.82) is 0 Å². The lowest BCUT2D eigenvalue weighted by Crippen LogP contribution is -2.37. The molecule has 25 heavy (non-hydrogen) atoms. The molecule has 2 heterocycles. The van der Waals surface area contributed by atoms with Crippen molar-refractivity contribution in [2.45, 2.75) is 25.0 Å². The largest absolute Gasteiger partial charge is 0.468 e. The Labute approximate surface area is 154 Å². The van der Waals surface area contributed by atoms with Crippen LogP contribution in [0.2, 0.25) is 5.02 Å². The monoisotopic (exact) mass is 379 g/mol. The zero-order chi connectivity index (χ0) is 17.8. The molecule has 0 aliphatic carbocycles. The molecule has 1 saturated heterocycles. The fraction of sp³-hybridized carbons (Fsp3) is 0.353. The summed E-state index contributed by atoms with van der Waals surface area (Å²) in [4.78, 5) is 30.8. The molecule has 2 atom stereocenters. The van der Waals surface area contributed by atoms with Crippen LogP contribution in [0.3, 0.4) is 0 Å². The maximum absolute atomic E-state index is 12.2. The standard InChI is InChI=1S/C17H18ClN3O3S/c1-24-17(23)14-6-13(20-16(22)15-7-19-10-25-15)9-21(14)8-11-3-2-4-12(18)5-11/h2-5,7,10,13-14H,6,8-9H2,1H3,(H,20,22)/t13-,14-/m0/s1. The number of ether oxygens (including phenoxy) is 1. The van der Waals surface area contributed by atoms with Crippen LogP contribution in [-0.4, -0.2) is 47.5 Å². The second kappa shape index (κ2) is 7.95. The Hall–Kier alpha value is -1.96. The Kier molecular flexibility index (Phi) is 5.67. The second-order valence-electron chi connectivity index (χ2n) is 5.87. The number of rotatable bonds is 5. The van der Waals surface area contributed by atoms with Crippen LogP contribution in [0, 0.1) is 0 Å². The first-order valence-electron chi connectivity index (χ1n) is 7.82. The summed E-state index contributed by atoms with van der Waals surface area (Å²) in [6.07, 6.45) is 2.05. The van der Waals surface area contributed by atoms with Crippen molar-refractivity contribution in [3.8, 4) is 0 Å². The van der Waals surface area contributed by atoms with Gasteiger partial charge in [-0.25, -0.2) is 0 Å². The number of hydrogen-bond acceptors (Lipinski definition) is 6. The summed E-state index contributed by atoms with van der Waals surface area (Å²) in [5.74, 6) is -0.461. The van der Waals surface area contributed by atoms with E-state index in [1.165, 1.54) is 24.6 Å². The second-order valence-corrected chi connectivity index (χ2v) is 7.19. The number of carbonyl (C=O) groups is 2. The third-order valence-corrected chi connectivity index (χ3v) is 5.15. The van der Waals surface area contributed by atoms with E-state index < -0.39 is 6.04 Å². The highest BCUT2D eigenvalue weighted by atomic mass is 35.5. The highest BCUT2D eigenvalue weighted by Gasteiger charge is 2.38. The minimum absolute atomic E-state index is 0.127. The summed E-state index contributed by atoms with van der Waals surface area (Å²) in [5, 5.41) is 3.63. The minimum Gasteiger partial charge on any atom is -0.468 e. The molecule has 3 rings (SSSR count). The summed E-state index contributed by atoms with van der Waals surface area (Å²) in [7, 11) is 1.38. The fourth-order valence-electron chi connectivity index (χ4n) is 3.02. The molecule has 1 amide bonds. The van der Waals surface area contributed by atoms with Crippen LogP contribution in [-0.2, 0) is 16.1 Å². The number of benzene rings is 1. The number of nitrogens with zero attached hydrogens (tertiary/aromatic N) is 2. The molecule has 0 unspecified atom stereocenters. The molecule has 1 aromatic carbocycles. The Bertz CT molecular complexity index is 753. The van der Waals surface area contributed by atoms with Crippen LogP contribution in [0.1, 0.15) is 21.7 Å². The average molecular weight is 380 g/mol. The zero-order valence-electron chi connectivity index (χ0n) is 13.6. The topological polar surface area (TPSA) is 71.5 Å². The van der Waals surface area contributed by atoms with Crippen LogP contribution in [0.5, 0.6) is 0 Å². The van der Waals surface area contributed by atoms with Crippen molar-refractivity contribution in [2.75, 3.05) is 13.7 Å². The molecule has 8 heteroatoms. The maximum atomic E-state index is 12.2. The van der Waals surface area contributed by atoms with E-state index in [1.54, 1.807) is 5.51 Å². The van der Waals surface area contributed by atoms with Gasteiger partial charge < -0.3 is 10.1 Å². The lowest BCUT2D eigenvalue weighted by atomic mass is 10.1. The van der Waals surface area contributed by atoms with Gasteiger partial charge in [0.25, 0.3) is 5.91 Å². The molecule has 1 fully saturated rings. The summed E-state index contributed by atoms with van der Waals surface area (Å²) in [6.45, 7) is 1.13. The first-order chi connectivity index (χ1) is 12.1. The van der Waals surface area contributed by atoms with Gasteiger partial charge in [0.15, 0.2) is 0 Å². The normalized spacial score (nSPS) is 20.4. The van der Waals surface area contributed by atoms with E-state index in [0.717, 1.165) is 5.56 Å². The molecule has 0 radical (unpaired) electrons. The van der Waals surface area contributed by atoms with Gasteiger partial charge in [0.1, 0.15) is 10.9 Å². The number of amides is 1. The number of halogens is 1. The van der Waals surface area contributed by atoms with Crippen LogP contribution in [0.15, 0.2) is 36.0 Å². The molecular formula is C17H18ClN3O3S. The van der Waals surface area contributed by atoms with Crippen molar-refractivity contribution < 1.29 is 14.3 Å². The fourth-order valence-corrected chi connectivity index (χ4v) is 3.75. The maximum Gasteiger partial charge on any atom is 0.323 e. The number of hydrogen-bond donors (Lipinski definition) is 1. The van der Waals surface area contributed by atoms with E-state index >= 15 is 0 Å². The van der Waals surface area contributed by atoms with Gasteiger partial charge in [0.2, 0.25) is 0 Å². The summed E-state index contributed by atoms with van der Waals surface area (Å²) in [5.41, 5.74) is 2.63. The van der Waals surface area contributed by atoms with E-state index in [9.17, 15) is 9.59 Å². The third-order valence-electron chi connectivity index (χ3n) is 4.14. The molecule has 0 bridgehead atoms. The molecule has 6 nitrogen and oxygen atoms in total. The SMILES string of the molecule is COC(=O)[C@@H]1C[C@H](NC(=O)c2cncs2)CN1Cc1cccc(Cl)c1. The van der Waals surface area contributed by atoms with Crippen molar-refractivity contribution in [1.82, 2.24) is 15.2 Å². The van der Waals surface area contributed by atoms with Gasteiger partial charge in [-0.05, 0) is 24.1 Å². The minimum atomic E-state index is -0.393. The van der Waals surface area contributed by atoms with Gasteiger partial charge in [-0.2, -0.15) is 0 Å². The Morgan fingerprint density at radius 2 is 2.32 bits per heavy atom. The van der Waals surface area contributed by atoms with Gasteiger partial charge in [-0.15, -0.1) is 11.3 Å². The number of carbonyl (C=O) groups excluding carboxylic acids is 2. The number of nitrogens with one attached hydrogen (secondary N) is 1. The van der Waals surface area contributed by atoms with Crippen LogP contribution >= 0.6 is 22.9 Å². The first-order valence-corrected chi connectivity index (χ1v) is 9.08. The predicted molar refractivity (Wildman–Crippen MR) is 95.7 cm³/mol. The molecule has 1 N–H and O–H groups in total. The van der Waals surface area contributed by atoms with Crippen molar-refractivity contribution >= 4 is 34.8 Å². The van der Waals surface area contributed by atoms with Gasteiger partial charge >= 0.3 is 5.97 Å². The average Bonchev–Trinajstić information content (AvgIpc) is 3.24. The van der Waals surface area contributed by atoms with Crippen LogP contribution in [0.4, 0.5) is 0 Å². The van der Waals surface area contributed by atoms with E-state index in [0.29, 0.717) is 29.4 Å². The first kappa shape index (κ1) is 17.8. The molecule has 1 aliphatic heterocycles. The molecular weight excluding hydrogens is 362 g/mol. The smallest absolute Gasteiger partial charge is 0.323 e.